The van der Waals surface area contributed by atoms with Crippen LogP contribution in [-0.4, -0.2) is 28.7 Å². The second kappa shape index (κ2) is 2.19. The third-order valence-corrected chi connectivity index (χ3v) is 2.40. The predicted molar refractivity (Wildman–Crippen MR) is 42.8 cm³/mol. The zero-order chi connectivity index (χ0) is 8.82. The second-order valence-corrected chi connectivity index (χ2v) is 3.16. The lowest BCUT2D eigenvalue weighted by atomic mass is 9.95. The molecule has 0 spiro atoms. The van der Waals surface area contributed by atoms with Gasteiger partial charge in [-0.2, -0.15) is 0 Å². The molecule has 1 saturated heterocycles. The molecular formula is C8H7ClO3. The maximum Gasteiger partial charge on any atom is 0.228 e. The molecule has 1 fully saturated rings. The van der Waals surface area contributed by atoms with Gasteiger partial charge >= 0.3 is 0 Å². The fraction of sp³-hybridized carbons (Fsp3) is 0.375. The standard InChI is InChI=1S/C8H7ClO3/c9-4-6-1-2-8(11)7(3-6,5-10)12-8/h1-3,5,11H,4H2. The highest BCUT2D eigenvalue weighted by atomic mass is 35.5. The number of carbonyl (C=O) groups excluding carboxylic acids is 1. The van der Waals surface area contributed by atoms with Crippen molar-refractivity contribution in [2.45, 2.75) is 11.4 Å². The van der Waals surface area contributed by atoms with Gasteiger partial charge in [-0.1, -0.05) is 6.08 Å². The minimum Gasteiger partial charge on any atom is -0.359 e. The molecular weight excluding hydrogens is 180 g/mol. The number of alkyl halides is 1. The largest absolute Gasteiger partial charge is 0.359 e. The monoisotopic (exact) mass is 186 g/mol. The molecule has 1 aliphatic carbocycles. The van der Waals surface area contributed by atoms with E-state index in [0.29, 0.717) is 12.2 Å². The molecule has 0 radical (unpaired) electrons. The van der Waals surface area contributed by atoms with E-state index in [1.165, 1.54) is 6.08 Å². The molecule has 0 amide bonds. The molecule has 1 N–H and O–H groups in total. The Hall–Kier alpha value is -0.640. The van der Waals surface area contributed by atoms with Gasteiger partial charge in [0, 0.05) is 5.88 Å². The Balaban J connectivity index is 2.35. The van der Waals surface area contributed by atoms with E-state index in [2.05, 4.69) is 0 Å². The summed E-state index contributed by atoms with van der Waals surface area (Å²) >= 11 is 5.56. The average Bonchev–Trinajstić information content (AvgIpc) is 2.70. The van der Waals surface area contributed by atoms with Crippen LogP contribution in [0.5, 0.6) is 0 Å². The van der Waals surface area contributed by atoms with E-state index in [0.717, 1.165) is 5.57 Å². The molecule has 1 aliphatic heterocycles. The third kappa shape index (κ3) is 0.813. The van der Waals surface area contributed by atoms with Crippen LogP contribution in [0.1, 0.15) is 0 Å². The van der Waals surface area contributed by atoms with Crippen molar-refractivity contribution in [3.05, 3.63) is 23.8 Å². The van der Waals surface area contributed by atoms with Gasteiger partial charge in [0.15, 0.2) is 6.29 Å². The van der Waals surface area contributed by atoms with Crippen LogP contribution in [0.2, 0.25) is 0 Å². The van der Waals surface area contributed by atoms with Crippen LogP contribution in [-0.2, 0) is 9.53 Å². The van der Waals surface area contributed by atoms with Crippen molar-refractivity contribution in [3.8, 4) is 0 Å². The third-order valence-electron chi connectivity index (χ3n) is 2.10. The van der Waals surface area contributed by atoms with Crippen molar-refractivity contribution in [2.75, 3.05) is 5.88 Å². The van der Waals surface area contributed by atoms with E-state index in [1.54, 1.807) is 12.2 Å². The molecule has 0 bridgehead atoms. The van der Waals surface area contributed by atoms with Crippen LogP contribution in [0.15, 0.2) is 23.8 Å². The number of aldehydes is 1. The summed E-state index contributed by atoms with van der Waals surface area (Å²) in [5.41, 5.74) is -0.377. The zero-order valence-corrected chi connectivity index (χ0v) is 6.91. The van der Waals surface area contributed by atoms with Crippen molar-refractivity contribution in [2.24, 2.45) is 0 Å². The Morgan fingerprint density at radius 2 is 2.50 bits per heavy atom. The lowest BCUT2D eigenvalue weighted by molar-refractivity contribution is -0.111. The molecule has 3 nitrogen and oxygen atoms in total. The van der Waals surface area contributed by atoms with Crippen LogP contribution < -0.4 is 0 Å². The fourth-order valence-electron chi connectivity index (χ4n) is 1.30. The van der Waals surface area contributed by atoms with Crippen LogP contribution in [0.3, 0.4) is 0 Å². The second-order valence-electron chi connectivity index (χ2n) is 2.90. The normalized spacial score (nSPS) is 43.3. The zero-order valence-electron chi connectivity index (χ0n) is 6.16. The Morgan fingerprint density at radius 1 is 1.75 bits per heavy atom. The highest BCUT2D eigenvalue weighted by Crippen LogP contribution is 2.49. The summed E-state index contributed by atoms with van der Waals surface area (Å²) in [6, 6.07) is 0. The first-order valence-electron chi connectivity index (χ1n) is 3.52. The maximum absolute atomic E-state index is 10.6. The minimum atomic E-state index is -1.41. The number of allylic oxidation sites excluding steroid dienone is 2. The highest BCUT2D eigenvalue weighted by molar-refractivity contribution is 6.19. The summed E-state index contributed by atoms with van der Waals surface area (Å²) in [4.78, 5) is 10.6. The van der Waals surface area contributed by atoms with Gasteiger partial charge in [0.1, 0.15) is 0 Å². The lowest BCUT2D eigenvalue weighted by Gasteiger charge is -2.08. The summed E-state index contributed by atoms with van der Waals surface area (Å²) in [6.07, 6.45) is 5.23. The van der Waals surface area contributed by atoms with Gasteiger partial charge in [0.05, 0.1) is 0 Å². The molecule has 0 aromatic carbocycles. The molecule has 0 saturated carbocycles. The van der Waals surface area contributed by atoms with E-state index < -0.39 is 11.4 Å². The lowest BCUT2D eigenvalue weighted by Crippen LogP contribution is -2.26. The number of carbonyl (C=O) groups is 1. The van der Waals surface area contributed by atoms with Gasteiger partial charge in [-0.05, 0) is 17.7 Å². The smallest absolute Gasteiger partial charge is 0.228 e. The Kier molecular flexibility index (Phi) is 1.46. The van der Waals surface area contributed by atoms with Crippen LogP contribution in [0, 0.1) is 0 Å². The Morgan fingerprint density at radius 3 is 3.08 bits per heavy atom. The highest BCUT2D eigenvalue weighted by Gasteiger charge is 2.68. The van der Waals surface area contributed by atoms with Gasteiger partial charge in [-0.25, -0.2) is 0 Å². The summed E-state index contributed by atoms with van der Waals surface area (Å²) < 4.78 is 4.90. The SMILES string of the molecule is O=CC12C=C(CCl)C=CC1(O)O2. The Labute approximate surface area is 74.3 Å². The molecule has 0 aromatic rings. The summed E-state index contributed by atoms with van der Waals surface area (Å²) in [5.74, 6) is -1.10. The van der Waals surface area contributed by atoms with Gasteiger partial charge in [-0.3, -0.25) is 4.79 Å². The summed E-state index contributed by atoms with van der Waals surface area (Å²) in [6.45, 7) is 0. The topological polar surface area (TPSA) is 49.8 Å². The first-order chi connectivity index (χ1) is 5.66. The van der Waals surface area contributed by atoms with Gasteiger partial charge in [0.25, 0.3) is 0 Å². The van der Waals surface area contributed by atoms with Crippen molar-refractivity contribution >= 4 is 17.9 Å². The molecule has 64 valence electrons. The number of aliphatic hydroxyl groups is 1. The summed E-state index contributed by atoms with van der Waals surface area (Å²) in [7, 11) is 0. The molecule has 4 heteroatoms. The van der Waals surface area contributed by atoms with E-state index in [9.17, 15) is 9.90 Å². The first kappa shape index (κ1) is 7.98. The number of fused-ring (bicyclic) bond motifs is 1. The fourth-order valence-corrected chi connectivity index (χ4v) is 1.46. The average molecular weight is 187 g/mol. The predicted octanol–water partition coefficient (Wildman–Crippen LogP) is 0.378. The van der Waals surface area contributed by atoms with Crippen molar-refractivity contribution in [1.82, 2.24) is 0 Å². The molecule has 2 atom stereocenters. The molecule has 0 aromatic heterocycles. The molecule has 12 heavy (non-hydrogen) atoms. The van der Waals surface area contributed by atoms with E-state index in [4.69, 9.17) is 16.3 Å². The van der Waals surface area contributed by atoms with E-state index in [-0.39, 0.29) is 0 Å². The first-order valence-corrected chi connectivity index (χ1v) is 4.05. The van der Waals surface area contributed by atoms with Crippen molar-refractivity contribution in [1.29, 1.82) is 0 Å². The molecule has 2 rings (SSSR count). The molecule has 2 aliphatic rings. The summed E-state index contributed by atoms with van der Waals surface area (Å²) in [5, 5.41) is 9.48. The number of hydrogen-bond donors (Lipinski definition) is 1. The quantitative estimate of drug-likeness (QED) is 0.385. The minimum absolute atomic E-state index is 0.311. The molecule has 1 heterocycles. The van der Waals surface area contributed by atoms with Gasteiger partial charge < -0.3 is 9.84 Å². The number of ether oxygens (including phenoxy) is 1. The number of halogens is 1. The number of epoxide rings is 1. The van der Waals surface area contributed by atoms with Crippen LogP contribution in [0.4, 0.5) is 0 Å². The van der Waals surface area contributed by atoms with Crippen LogP contribution >= 0.6 is 11.6 Å². The Bertz CT molecular complexity index is 297. The van der Waals surface area contributed by atoms with E-state index >= 15 is 0 Å². The maximum atomic E-state index is 10.6. The van der Waals surface area contributed by atoms with Crippen molar-refractivity contribution < 1.29 is 14.6 Å². The number of hydrogen-bond acceptors (Lipinski definition) is 3. The molecule has 2 unspecified atom stereocenters. The van der Waals surface area contributed by atoms with Crippen LogP contribution in [0.25, 0.3) is 0 Å². The van der Waals surface area contributed by atoms with Gasteiger partial charge in [-0.15, -0.1) is 11.6 Å². The number of rotatable bonds is 2. The van der Waals surface area contributed by atoms with Crippen molar-refractivity contribution in [3.63, 3.8) is 0 Å². The van der Waals surface area contributed by atoms with E-state index in [1.807, 2.05) is 0 Å². The van der Waals surface area contributed by atoms with Gasteiger partial charge in [0.2, 0.25) is 11.4 Å².